The topological polar surface area (TPSA) is 48.1 Å². The number of aryl methyl sites for hydroxylation is 2. The maximum Gasteiger partial charge on any atom is 0.251 e. The number of benzene rings is 1. The second-order valence-corrected chi connectivity index (χ2v) is 5.40. The number of aromatic nitrogens is 1. The molecule has 0 atom stereocenters. The zero-order valence-corrected chi connectivity index (χ0v) is 12.7. The lowest BCUT2D eigenvalue weighted by atomic mass is 10.1. The molecule has 0 saturated carbocycles. The zero-order chi connectivity index (χ0) is 14.7. The van der Waals surface area contributed by atoms with Gasteiger partial charge in [0.2, 0.25) is 0 Å². The first kappa shape index (κ1) is 14.6. The molecule has 20 heavy (non-hydrogen) atoms. The van der Waals surface area contributed by atoms with Crippen LogP contribution in [0.2, 0.25) is 0 Å². The summed E-state index contributed by atoms with van der Waals surface area (Å²) in [5.74, 6) is -0.00495. The number of H-pyrrole nitrogens is 1. The van der Waals surface area contributed by atoms with Crippen molar-refractivity contribution in [1.29, 1.82) is 0 Å². The Hall–Kier alpha value is -1.81. The van der Waals surface area contributed by atoms with Gasteiger partial charge in [-0.25, -0.2) is 0 Å². The predicted octanol–water partition coefficient (Wildman–Crippen LogP) is 2.33. The quantitative estimate of drug-likeness (QED) is 0.878. The van der Waals surface area contributed by atoms with Crippen LogP contribution in [0.1, 0.15) is 28.5 Å². The number of hydrogen-bond acceptors (Lipinski definition) is 2. The summed E-state index contributed by atoms with van der Waals surface area (Å²) in [5.41, 5.74) is 4.31. The van der Waals surface area contributed by atoms with E-state index in [1.165, 1.54) is 11.3 Å². The third-order valence-electron chi connectivity index (χ3n) is 3.58. The fourth-order valence-corrected chi connectivity index (χ4v) is 2.47. The number of rotatable bonds is 5. The van der Waals surface area contributed by atoms with E-state index in [1.54, 1.807) is 0 Å². The molecule has 0 saturated heterocycles. The molecular formula is C16H23N3O. The van der Waals surface area contributed by atoms with Crippen molar-refractivity contribution < 1.29 is 4.79 Å². The Morgan fingerprint density at radius 3 is 2.75 bits per heavy atom. The number of likely N-dealkylation sites (N-methyl/N-ethyl adjacent to an activating group) is 1. The van der Waals surface area contributed by atoms with E-state index < -0.39 is 0 Å². The van der Waals surface area contributed by atoms with Crippen molar-refractivity contribution >= 4 is 16.8 Å². The molecule has 2 N–H and O–H groups in total. The number of hydrogen-bond donors (Lipinski definition) is 2. The van der Waals surface area contributed by atoms with E-state index in [0.29, 0.717) is 6.54 Å². The van der Waals surface area contributed by atoms with Crippen molar-refractivity contribution in [3.05, 3.63) is 35.0 Å². The summed E-state index contributed by atoms with van der Waals surface area (Å²) in [6.07, 6.45) is 0.970. The first-order valence-electron chi connectivity index (χ1n) is 7.07. The van der Waals surface area contributed by atoms with Crippen molar-refractivity contribution in [3.8, 4) is 0 Å². The lowest BCUT2D eigenvalue weighted by Crippen LogP contribution is -2.31. The van der Waals surface area contributed by atoms with Crippen molar-refractivity contribution in [3.63, 3.8) is 0 Å². The van der Waals surface area contributed by atoms with Crippen LogP contribution in [0.3, 0.4) is 0 Å². The molecule has 2 rings (SSSR count). The Morgan fingerprint density at radius 2 is 2.10 bits per heavy atom. The number of carbonyl (C=O) groups excluding carboxylic acids is 1. The average Bonchev–Trinajstić information content (AvgIpc) is 2.72. The molecule has 4 heteroatoms. The summed E-state index contributed by atoms with van der Waals surface area (Å²) in [4.78, 5) is 17.6. The Morgan fingerprint density at radius 1 is 1.35 bits per heavy atom. The molecule has 0 bridgehead atoms. The lowest BCUT2D eigenvalue weighted by Gasteiger charge is -2.10. The number of amides is 1. The fraction of sp³-hybridized carbons (Fsp3) is 0.438. The standard InChI is InChI=1S/C16H23N3O/c1-5-13-11(2)18-15-7-6-12(10-14(13)15)16(20)17-8-9-19(3)4/h6-7,10,18H,5,8-9H2,1-4H3,(H,17,20). The molecule has 4 nitrogen and oxygen atoms in total. The maximum absolute atomic E-state index is 12.1. The smallest absolute Gasteiger partial charge is 0.251 e. The third kappa shape index (κ3) is 3.02. The summed E-state index contributed by atoms with van der Waals surface area (Å²) >= 11 is 0. The second-order valence-electron chi connectivity index (χ2n) is 5.40. The second kappa shape index (κ2) is 6.09. The van der Waals surface area contributed by atoms with Gasteiger partial charge in [0, 0.05) is 35.2 Å². The van der Waals surface area contributed by atoms with Gasteiger partial charge in [0.05, 0.1) is 0 Å². The SMILES string of the molecule is CCc1c(C)[nH]c2ccc(C(=O)NCCN(C)C)cc12. The summed E-state index contributed by atoms with van der Waals surface area (Å²) in [6, 6.07) is 5.85. The van der Waals surface area contributed by atoms with Gasteiger partial charge in [-0.15, -0.1) is 0 Å². The van der Waals surface area contributed by atoms with Gasteiger partial charge >= 0.3 is 0 Å². The highest BCUT2D eigenvalue weighted by atomic mass is 16.1. The normalized spacial score (nSPS) is 11.2. The molecule has 1 heterocycles. The van der Waals surface area contributed by atoms with E-state index in [4.69, 9.17) is 0 Å². The van der Waals surface area contributed by atoms with Crippen molar-refractivity contribution in [1.82, 2.24) is 15.2 Å². The van der Waals surface area contributed by atoms with Gasteiger partial charge in [-0.2, -0.15) is 0 Å². The molecule has 0 aliphatic rings. The van der Waals surface area contributed by atoms with Crippen LogP contribution in [0.15, 0.2) is 18.2 Å². The highest BCUT2D eigenvalue weighted by Crippen LogP contribution is 2.23. The molecule has 0 fully saturated rings. The molecule has 1 aromatic carbocycles. The van der Waals surface area contributed by atoms with E-state index in [0.717, 1.165) is 29.4 Å². The van der Waals surface area contributed by atoms with E-state index in [-0.39, 0.29) is 5.91 Å². The van der Waals surface area contributed by atoms with Gasteiger partial charge in [0.25, 0.3) is 5.91 Å². The van der Waals surface area contributed by atoms with Crippen molar-refractivity contribution in [2.24, 2.45) is 0 Å². The lowest BCUT2D eigenvalue weighted by molar-refractivity contribution is 0.0951. The van der Waals surface area contributed by atoms with E-state index in [2.05, 4.69) is 24.1 Å². The van der Waals surface area contributed by atoms with Gasteiger partial charge in [0.15, 0.2) is 0 Å². The summed E-state index contributed by atoms with van der Waals surface area (Å²) in [6.45, 7) is 5.73. The average molecular weight is 273 g/mol. The van der Waals surface area contributed by atoms with Gasteiger partial charge < -0.3 is 15.2 Å². The minimum atomic E-state index is -0.00495. The number of carbonyl (C=O) groups is 1. The molecule has 0 unspecified atom stereocenters. The summed E-state index contributed by atoms with van der Waals surface area (Å²) in [7, 11) is 3.99. The van der Waals surface area contributed by atoms with Gasteiger partial charge in [-0.3, -0.25) is 4.79 Å². The highest BCUT2D eigenvalue weighted by molar-refractivity contribution is 5.99. The van der Waals surface area contributed by atoms with Gasteiger partial charge in [-0.1, -0.05) is 6.92 Å². The number of fused-ring (bicyclic) bond motifs is 1. The van der Waals surface area contributed by atoms with E-state index in [9.17, 15) is 4.79 Å². The molecule has 0 radical (unpaired) electrons. The molecular weight excluding hydrogens is 250 g/mol. The van der Waals surface area contributed by atoms with Crippen LogP contribution < -0.4 is 5.32 Å². The molecule has 0 spiro atoms. The molecule has 0 aliphatic carbocycles. The number of aromatic amines is 1. The Bertz CT molecular complexity index is 613. The summed E-state index contributed by atoms with van der Waals surface area (Å²) in [5, 5.41) is 4.11. The summed E-state index contributed by atoms with van der Waals surface area (Å²) < 4.78 is 0. The Labute approximate surface area is 120 Å². The first-order valence-corrected chi connectivity index (χ1v) is 7.07. The van der Waals surface area contributed by atoms with Crippen molar-refractivity contribution in [2.45, 2.75) is 20.3 Å². The first-order chi connectivity index (χ1) is 9.52. The largest absolute Gasteiger partial charge is 0.358 e. The highest BCUT2D eigenvalue weighted by Gasteiger charge is 2.10. The Balaban J connectivity index is 2.20. The predicted molar refractivity (Wildman–Crippen MR) is 83.3 cm³/mol. The van der Waals surface area contributed by atoms with Crippen LogP contribution in [-0.2, 0) is 6.42 Å². The fourth-order valence-electron chi connectivity index (χ4n) is 2.47. The van der Waals surface area contributed by atoms with Crippen LogP contribution in [0.25, 0.3) is 10.9 Å². The van der Waals surface area contributed by atoms with Crippen molar-refractivity contribution in [2.75, 3.05) is 27.2 Å². The van der Waals surface area contributed by atoms with Crippen LogP contribution in [-0.4, -0.2) is 43.0 Å². The van der Waals surface area contributed by atoms with E-state index >= 15 is 0 Å². The minimum absolute atomic E-state index is 0.00495. The van der Waals surface area contributed by atoms with Crippen LogP contribution in [0, 0.1) is 6.92 Å². The molecule has 108 valence electrons. The third-order valence-corrected chi connectivity index (χ3v) is 3.58. The number of nitrogens with one attached hydrogen (secondary N) is 2. The maximum atomic E-state index is 12.1. The minimum Gasteiger partial charge on any atom is -0.358 e. The van der Waals surface area contributed by atoms with E-state index in [1.807, 2.05) is 37.2 Å². The Kier molecular flexibility index (Phi) is 4.45. The van der Waals surface area contributed by atoms with Gasteiger partial charge in [-0.05, 0) is 51.2 Å². The van der Waals surface area contributed by atoms with Gasteiger partial charge in [0.1, 0.15) is 0 Å². The van der Waals surface area contributed by atoms with Crippen LogP contribution >= 0.6 is 0 Å². The van der Waals surface area contributed by atoms with Crippen LogP contribution in [0.4, 0.5) is 0 Å². The zero-order valence-electron chi connectivity index (χ0n) is 12.7. The molecule has 0 aliphatic heterocycles. The molecule has 2 aromatic rings. The molecule has 1 aromatic heterocycles. The monoisotopic (exact) mass is 273 g/mol. The van der Waals surface area contributed by atoms with Crippen LogP contribution in [0.5, 0.6) is 0 Å². The number of nitrogens with zero attached hydrogens (tertiary/aromatic N) is 1. The molecule has 1 amide bonds.